The van der Waals surface area contributed by atoms with Gasteiger partial charge < -0.3 is 4.42 Å². The van der Waals surface area contributed by atoms with E-state index in [1.807, 2.05) is 25.1 Å². The van der Waals surface area contributed by atoms with Crippen LogP contribution in [0.5, 0.6) is 0 Å². The molecule has 0 spiro atoms. The predicted molar refractivity (Wildman–Crippen MR) is 71.9 cm³/mol. The molecule has 2 rings (SSSR count). The van der Waals surface area contributed by atoms with Gasteiger partial charge in [-0.15, -0.1) is 0 Å². The third kappa shape index (κ3) is 2.07. The van der Waals surface area contributed by atoms with Crippen LogP contribution in [0.1, 0.15) is 24.7 Å². The second-order valence-corrected chi connectivity index (χ2v) is 3.72. The molecular formula is C15H14O2. The average molecular weight is 226 g/mol. The van der Waals surface area contributed by atoms with Crippen LogP contribution in [0, 0.1) is 0 Å². The van der Waals surface area contributed by atoms with Crippen molar-refractivity contribution in [3.05, 3.63) is 58.5 Å². The maximum Gasteiger partial charge on any atom is 0.200 e. The van der Waals surface area contributed by atoms with Crippen LogP contribution in [-0.4, -0.2) is 0 Å². The quantitative estimate of drug-likeness (QED) is 0.795. The number of allylic oxidation sites excluding steroid dienone is 1. The normalized spacial score (nSPS) is 11.1. The van der Waals surface area contributed by atoms with Crippen LogP contribution in [0.15, 0.2) is 46.1 Å². The Morgan fingerprint density at radius 3 is 2.82 bits per heavy atom. The summed E-state index contributed by atoms with van der Waals surface area (Å²) in [6, 6.07) is 7.24. The lowest BCUT2D eigenvalue weighted by Crippen LogP contribution is -2.07. The minimum Gasteiger partial charge on any atom is -0.456 e. The Balaban J connectivity index is 2.81. The molecule has 0 radical (unpaired) electrons. The molecule has 2 heteroatoms. The van der Waals surface area contributed by atoms with E-state index in [-0.39, 0.29) is 5.43 Å². The van der Waals surface area contributed by atoms with Gasteiger partial charge in [-0.25, -0.2) is 0 Å². The molecule has 2 aromatic rings. The minimum atomic E-state index is -0.00792. The van der Waals surface area contributed by atoms with Crippen LogP contribution in [0.4, 0.5) is 0 Å². The summed E-state index contributed by atoms with van der Waals surface area (Å²) in [6.07, 6.45) is 6.19. The van der Waals surface area contributed by atoms with Crippen molar-refractivity contribution >= 4 is 23.1 Å². The number of hydrogen-bond acceptors (Lipinski definition) is 2. The fourth-order valence-corrected chi connectivity index (χ4v) is 1.72. The van der Waals surface area contributed by atoms with E-state index >= 15 is 0 Å². The molecule has 1 aromatic carbocycles. The molecule has 1 heterocycles. The zero-order valence-corrected chi connectivity index (χ0v) is 9.77. The van der Waals surface area contributed by atoms with E-state index in [9.17, 15) is 4.79 Å². The molecule has 0 bridgehead atoms. The van der Waals surface area contributed by atoms with Gasteiger partial charge in [-0.2, -0.15) is 0 Å². The molecule has 0 amide bonds. The predicted octanol–water partition coefficient (Wildman–Crippen LogP) is 3.86. The first-order valence-corrected chi connectivity index (χ1v) is 5.62. The van der Waals surface area contributed by atoms with Crippen LogP contribution < -0.4 is 5.43 Å². The van der Waals surface area contributed by atoms with Crippen molar-refractivity contribution in [1.82, 2.24) is 0 Å². The van der Waals surface area contributed by atoms with E-state index in [0.29, 0.717) is 22.3 Å². The van der Waals surface area contributed by atoms with E-state index in [2.05, 4.69) is 6.58 Å². The largest absolute Gasteiger partial charge is 0.456 e. The first kappa shape index (κ1) is 11.4. The number of benzene rings is 1. The molecule has 0 aliphatic rings. The van der Waals surface area contributed by atoms with E-state index in [4.69, 9.17) is 4.42 Å². The van der Waals surface area contributed by atoms with Gasteiger partial charge in [0.2, 0.25) is 5.43 Å². The Labute approximate surface area is 99.9 Å². The zero-order chi connectivity index (χ0) is 12.3. The lowest BCUT2D eigenvalue weighted by atomic mass is 10.1. The van der Waals surface area contributed by atoms with Crippen molar-refractivity contribution in [2.75, 3.05) is 0 Å². The summed E-state index contributed by atoms with van der Waals surface area (Å²) in [7, 11) is 0. The van der Waals surface area contributed by atoms with Gasteiger partial charge in [-0.05, 0) is 24.6 Å². The first-order chi connectivity index (χ1) is 8.27. The Kier molecular flexibility index (Phi) is 3.24. The highest BCUT2D eigenvalue weighted by atomic mass is 16.3. The molecule has 0 saturated carbocycles. The Morgan fingerprint density at radius 1 is 1.35 bits per heavy atom. The summed E-state index contributed by atoms with van der Waals surface area (Å²) in [6.45, 7) is 5.70. The van der Waals surface area contributed by atoms with Crippen molar-refractivity contribution in [3.8, 4) is 0 Å². The molecule has 86 valence electrons. The van der Waals surface area contributed by atoms with Gasteiger partial charge in [0.1, 0.15) is 11.3 Å². The lowest BCUT2D eigenvalue weighted by molar-refractivity contribution is 0.589. The van der Waals surface area contributed by atoms with E-state index in [1.165, 1.54) is 0 Å². The zero-order valence-electron chi connectivity index (χ0n) is 9.77. The summed E-state index contributed by atoms with van der Waals surface area (Å²) >= 11 is 0. The summed E-state index contributed by atoms with van der Waals surface area (Å²) < 4.78 is 5.65. The number of hydrogen-bond donors (Lipinski definition) is 0. The standard InChI is InChI=1S/C15H14O2/c1-3-5-8-11-13(4-2)17-14-10-7-6-9-12(14)15(11)16/h4-10H,2-3H2,1H3/b8-5-. The van der Waals surface area contributed by atoms with Gasteiger partial charge in [-0.3, -0.25) is 4.79 Å². The van der Waals surface area contributed by atoms with Crippen molar-refractivity contribution < 1.29 is 4.42 Å². The third-order valence-electron chi connectivity index (χ3n) is 2.57. The second kappa shape index (κ2) is 4.83. The fourth-order valence-electron chi connectivity index (χ4n) is 1.72. The minimum absolute atomic E-state index is 0.00792. The third-order valence-corrected chi connectivity index (χ3v) is 2.57. The molecule has 0 fully saturated rings. The highest BCUT2D eigenvalue weighted by Crippen LogP contribution is 2.17. The van der Waals surface area contributed by atoms with Crippen LogP contribution >= 0.6 is 0 Å². The summed E-state index contributed by atoms with van der Waals surface area (Å²) in [5, 5.41) is 0.605. The average Bonchev–Trinajstić information content (AvgIpc) is 2.37. The van der Waals surface area contributed by atoms with Crippen LogP contribution in [0.3, 0.4) is 0 Å². The Bertz CT molecular complexity index is 633. The smallest absolute Gasteiger partial charge is 0.200 e. The maximum atomic E-state index is 12.3. The van der Waals surface area contributed by atoms with Crippen LogP contribution in [-0.2, 0) is 0 Å². The maximum absolute atomic E-state index is 12.3. The van der Waals surface area contributed by atoms with Crippen LogP contribution in [0.25, 0.3) is 23.1 Å². The molecule has 0 saturated heterocycles. The molecule has 0 aliphatic carbocycles. The molecule has 0 unspecified atom stereocenters. The first-order valence-electron chi connectivity index (χ1n) is 5.62. The molecule has 0 atom stereocenters. The topological polar surface area (TPSA) is 30.2 Å². The highest BCUT2D eigenvalue weighted by Gasteiger charge is 2.08. The van der Waals surface area contributed by atoms with Gasteiger partial charge in [0.25, 0.3) is 0 Å². The molecule has 2 nitrogen and oxygen atoms in total. The molecule has 17 heavy (non-hydrogen) atoms. The number of rotatable bonds is 3. The van der Waals surface area contributed by atoms with Crippen molar-refractivity contribution in [2.24, 2.45) is 0 Å². The highest BCUT2D eigenvalue weighted by molar-refractivity contribution is 5.80. The summed E-state index contributed by atoms with van der Waals surface area (Å²) in [4.78, 5) is 12.3. The Morgan fingerprint density at radius 2 is 2.12 bits per heavy atom. The Hall–Kier alpha value is -2.09. The number of para-hydroxylation sites is 1. The van der Waals surface area contributed by atoms with E-state index < -0.39 is 0 Å². The molecule has 0 aliphatic heterocycles. The van der Waals surface area contributed by atoms with Crippen molar-refractivity contribution in [1.29, 1.82) is 0 Å². The molecular weight excluding hydrogens is 212 g/mol. The van der Waals surface area contributed by atoms with Crippen molar-refractivity contribution in [2.45, 2.75) is 13.3 Å². The van der Waals surface area contributed by atoms with Gasteiger partial charge in [-0.1, -0.05) is 37.8 Å². The van der Waals surface area contributed by atoms with Gasteiger partial charge in [0.15, 0.2) is 0 Å². The fraction of sp³-hybridized carbons (Fsp3) is 0.133. The molecule has 0 N–H and O–H groups in total. The van der Waals surface area contributed by atoms with E-state index in [1.54, 1.807) is 24.3 Å². The second-order valence-electron chi connectivity index (χ2n) is 3.72. The van der Waals surface area contributed by atoms with Crippen molar-refractivity contribution in [3.63, 3.8) is 0 Å². The van der Waals surface area contributed by atoms with Gasteiger partial charge in [0.05, 0.1) is 10.9 Å². The van der Waals surface area contributed by atoms with E-state index in [0.717, 1.165) is 6.42 Å². The summed E-state index contributed by atoms with van der Waals surface area (Å²) in [5.41, 5.74) is 1.16. The number of fused-ring (bicyclic) bond motifs is 1. The van der Waals surface area contributed by atoms with Gasteiger partial charge in [0, 0.05) is 0 Å². The van der Waals surface area contributed by atoms with Gasteiger partial charge >= 0.3 is 0 Å². The summed E-state index contributed by atoms with van der Waals surface area (Å²) in [5.74, 6) is 0.526. The van der Waals surface area contributed by atoms with Crippen LogP contribution in [0.2, 0.25) is 0 Å². The SMILES string of the molecule is C=Cc1oc2ccccc2c(=O)c1/C=C\CC. The molecule has 1 aromatic heterocycles. The monoisotopic (exact) mass is 226 g/mol. The lowest BCUT2D eigenvalue weighted by Gasteiger charge is -2.03.